The molecule has 12 rings (SSSR count). The Morgan fingerprint density at radius 2 is 1.57 bits per heavy atom. The number of aromatic hydroxyl groups is 1. The van der Waals surface area contributed by atoms with Crippen LogP contribution >= 0.6 is 0 Å². The van der Waals surface area contributed by atoms with Crippen LogP contribution in [0.25, 0.3) is 44.1 Å². The minimum atomic E-state index is -0.986. The molecule has 456 valence electrons. The number of hydrogen-bond acceptors (Lipinski definition) is 13. The highest BCUT2D eigenvalue weighted by atomic mass is 19.1. The first kappa shape index (κ1) is 59.4. The van der Waals surface area contributed by atoms with Gasteiger partial charge in [0, 0.05) is 67.4 Å². The maximum Gasteiger partial charge on any atom is 0.319 e. The fourth-order valence-electron chi connectivity index (χ4n) is 14.3. The lowest BCUT2D eigenvalue weighted by Crippen LogP contribution is -2.58. The van der Waals surface area contributed by atoms with Crippen LogP contribution in [0, 0.1) is 33.7 Å². The number of rotatable bonds is 17. The standard InChI is InChI=1S/C67H80F3N9O7/c1-6-48-53(69)18-15-42-29-45(80)30-50(56(42)48)58-57(70)59-51(32-71-58)61(78-33-43-16-17-44(34-78)73-43)76-64(75-59)86-38-67(23-24-67)37-77-27-25-66(26-28-77)21-19-47(20-22-66)85-36-55(82)74-60(65(3,4)5)63(84)79-35-46(81)31-54(79)62(83)72-39(2)40-11-13-41(14-12-40)49-9-7-8-10-52(49)68/h7-15,18,29-30,32,39,43-44,46-47,54,60,73,80-81H,6,16-17,19-28,31,33-38H2,1-5H3,(H,72,83)(H,74,82)/t39-,43?,44?,46+,54-,60+/m0/s1. The van der Waals surface area contributed by atoms with Gasteiger partial charge in [-0.15, -0.1) is 0 Å². The van der Waals surface area contributed by atoms with Gasteiger partial charge in [0.2, 0.25) is 17.7 Å². The van der Waals surface area contributed by atoms with Crippen molar-refractivity contribution in [1.29, 1.82) is 0 Å². The van der Waals surface area contributed by atoms with E-state index >= 15 is 8.78 Å². The highest BCUT2D eigenvalue weighted by molar-refractivity contribution is 6.02. The molecule has 1 spiro atoms. The molecule has 2 saturated carbocycles. The molecule has 6 fully saturated rings. The number of benzene rings is 4. The number of aromatic nitrogens is 3. The summed E-state index contributed by atoms with van der Waals surface area (Å²) in [5, 5.41) is 32.7. The van der Waals surface area contributed by atoms with Gasteiger partial charge in [-0.05, 0) is 153 Å². The quantitative estimate of drug-likeness (QED) is 0.0580. The number of nitrogens with one attached hydrogen (secondary N) is 3. The normalized spacial score (nSPS) is 22.8. The number of amides is 3. The summed E-state index contributed by atoms with van der Waals surface area (Å²) in [6.45, 7) is 13.6. The van der Waals surface area contributed by atoms with Gasteiger partial charge in [0.05, 0.1) is 30.2 Å². The predicted octanol–water partition coefficient (Wildman–Crippen LogP) is 9.71. The number of pyridine rings is 1. The average Bonchev–Trinajstić information content (AvgIpc) is 1.15. The second kappa shape index (κ2) is 24.0. The van der Waals surface area contributed by atoms with E-state index in [9.17, 15) is 29.0 Å². The number of phenolic OH excluding ortho intramolecular Hbond substituents is 1. The Balaban J connectivity index is 0.636. The molecular weight excluding hydrogens is 1100 g/mol. The number of piperidine rings is 1. The number of ether oxygens (including phenoxy) is 2. The van der Waals surface area contributed by atoms with E-state index in [1.165, 1.54) is 23.1 Å². The lowest BCUT2D eigenvalue weighted by atomic mass is 9.67. The molecule has 5 N–H and O–H groups in total. The number of halogens is 3. The maximum atomic E-state index is 17.3. The highest BCUT2D eigenvalue weighted by Gasteiger charge is 2.48. The molecule has 6 aromatic rings. The monoisotopic (exact) mass is 1180 g/mol. The Labute approximate surface area is 500 Å². The molecule has 4 aliphatic heterocycles. The minimum absolute atomic E-state index is 0.0312. The number of nitrogens with zero attached hydrogens (tertiary/aromatic N) is 6. The Morgan fingerprint density at radius 1 is 0.849 bits per heavy atom. The van der Waals surface area contributed by atoms with E-state index in [1.54, 1.807) is 48.7 Å². The van der Waals surface area contributed by atoms with Crippen LogP contribution in [0.2, 0.25) is 0 Å². The molecule has 6 aliphatic rings. The van der Waals surface area contributed by atoms with E-state index in [-0.39, 0.29) is 77.4 Å². The summed E-state index contributed by atoms with van der Waals surface area (Å²) < 4.78 is 59.8. The van der Waals surface area contributed by atoms with Crippen LogP contribution < -0.4 is 25.6 Å². The van der Waals surface area contributed by atoms with E-state index in [0.29, 0.717) is 70.3 Å². The van der Waals surface area contributed by atoms with Crippen LogP contribution in [0.5, 0.6) is 11.8 Å². The molecule has 19 heteroatoms. The number of aryl methyl sites for hydroxylation is 1. The molecule has 0 radical (unpaired) electrons. The Bertz CT molecular complexity index is 3510. The number of aliphatic hydroxyl groups excluding tert-OH is 1. The van der Waals surface area contributed by atoms with Crippen molar-refractivity contribution in [3.63, 3.8) is 0 Å². The predicted molar refractivity (Wildman–Crippen MR) is 323 cm³/mol. The molecule has 4 saturated heterocycles. The topological polar surface area (TPSA) is 195 Å². The van der Waals surface area contributed by atoms with Gasteiger partial charge < -0.3 is 50.3 Å². The van der Waals surface area contributed by atoms with Gasteiger partial charge in [-0.2, -0.15) is 9.97 Å². The van der Waals surface area contributed by atoms with Crippen molar-refractivity contribution in [2.45, 2.75) is 154 Å². The van der Waals surface area contributed by atoms with Gasteiger partial charge in [0.25, 0.3) is 0 Å². The van der Waals surface area contributed by atoms with Gasteiger partial charge in [-0.1, -0.05) is 76.2 Å². The zero-order valence-electron chi connectivity index (χ0n) is 49.9. The number of β-amino-alcohol motifs (C(OH)–C–C–N with tert-alkyl or cyclic N) is 1. The lowest BCUT2D eigenvalue weighted by molar-refractivity contribution is -0.145. The van der Waals surface area contributed by atoms with Crippen molar-refractivity contribution in [2.75, 3.05) is 57.4 Å². The fourth-order valence-corrected chi connectivity index (χ4v) is 14.3. The Kier molecular flexibility index (Phi) is 16.6. The van der Waals surface area contributed by atoms with Gasteiger partial charge in [0.15, 0.2) is 5.82 Å². The van der Waals surface area contributed by atoms with Crippen molar-refractivity contribution < 1.29 is 47.2 Å². The Morgan fingerprint density at radius 3 is 2.26 bits per heavy atom. The second-order valence-corrected chi connectivity index (χ2v) is 26.7. The Hall–Kier alpha value is -6.93. The van der Waals surface area contributed by atoms with Crippen molar-refractivity contribution >= 4 is 45.2 Å². The molecule has 6 heterocycles. The summed E-state index contributed by atoms with van der Waals surface area (Å²) in [6.07, 6.45) is 10.8. The molecule has 6 atom stereocenters. The van der Waals surface area contributed by atoms with Gasteiger partial charge >= 0.3 is 6.01 Å². The molecule has 2 unspecified atom stereocenters. The van der Waals surface area contributed by atoms with Crippen molar-refractivity contribution in [3.8, 4) is 34.1 Å². The number of fused-ring (bicyclic) bond motifs is 4. The summed E-state index contributed by atoms with van der Waals surface area (Å²) in [7, 11) is 0. The molecule has 16 nitrogen and oxygen atoms in total. The molecule has 2 bridgehead atoms. The molecule has 2 aliphatic carbocycles. The molecular formula is C67H80F3N9O7. The largest absolute Gasteiger partial charge is 0.508 e. The minimum Gasteiger partial charge on any atom is -0.508 e. The smallest absolute Gasteiger partial charge is 0.319 e. The van der Waals surface area contributed by atoms with Crippen molar-refractivity contribution in [1.82, 2.24) is 40.7 Å². The number of carbonyl (C=O) groups excluding carboxylic acids is 3. The van der Waals surface area contributed by atoms with Crippen LogP contribution in [0.4, 0.5) is 19.0 Å². The van der Waals surface area contributed by atoms with Crippen LogP contribution in [0.1, 0.15) is 122 Å². The summed E-state index contributed by atoms with van der Waals surface area (Å²) in [4.78, 5) is 62.3. The third-order valence-electron chi connectivity index (χ3n) is 19.5. The number of piperazine rings is 1. The van der Waals surface area contributed by atoms with Crippen molar-refractivity contribution in [3.05, 3.63) is 108 Å². The number of carbonyl (C=O) groups is 3. The van der Waals surface area contributed by atoms with E-state index in [1.807, 2.05) is 46.8 Å². The second-order valence-electron chi connectivity index (χ2n) is 26.7. The number of hydrogen-bond donors (Lipinski definition) is 5. The zero-order chi connectivity index (χ0) is 60.2. The number of aliphatic hydroxyl groups is 1. The van der Waals surface area contributed by atoms with Gasteiger partial charge in [0.1, 0.15) is 53.1 Å². The first-order valence-electron chi connectivity index (χ1n) is 31.0. The number of likely N-dealkylation sites (tertiary alicyclic amines) is 2. The van der Waals surface area contributed by atoms with Crippen LogP contribution in [-0.4, -0.2) is 142 Å². The fraction of sp³-hybridized carbons (Fsp3) is 0.522. The summed E-state index contributed by atoms with van der Waals surface area (Å²) in [5.41, 5.74) is 2.09. The maximum absolute atomic E-state index is 17.3. The number of anilines is 1. The molecule has 3 amide bonds. The first-order valence-corrected chi connectivity index (χ1v) is 31.0. The summed E-state index contributed by atoms with van der Waals surface area (Å²) in [5.74, 6) is -2.20. The van der Waals surface area contributed by atoms with Crippen LogP contribution in [-0.2, 0) is 25.5 Å². The van der Waals surface area contributed by atoms with E-state index < -0.39 is 59.0 Å². The molecule has 86 heavy (non-hydrogen) atoms. The summed E-state index contributed by atoms with van der Waals surface area (Å²) in [6, 6.07) is 18.1. The van der Waals surface area contributed by atoms with E-state index in [4.69, 9.17) is 19.4 Å². The van der Waals surface area contributed by atoms with E-state index in [2.05, 4.69) is 30.7 Å². The molecule has 2 aromatic heterocycles. The van der Waals surface area contributed by atoms with Crippen LogP contribution in [0.3, 0.4) is 0 Å². The van der Waals surface area contributed by atoms with Crippen LogP contribution in [0.15, 0.2) is 79.0 Å². The SMILES string of the molecule is CCc1c(F)ccc2cc(O)cc(-c3ncc4c(N5CC6CCC(C5)N6)nc(OCC5(CN6CCC7(CCC(OCC(=O)N[C@H](C(=O)N8C[C@H](O)C[C@H]8C(=O)N[C@@H](C)c8ccc(-c9ccccc9F)cc8)C(C)(C)C)CC7)CC6)CC5)nc4c3F)c12. The highest BCUT2D eigenvalue weighted by Crippen LogP contribution is 2.50. The first-order chi connectivity index (χ1) is 41.2. The average molecular weight is 1180 g/mol. The van der Waals surface area contributed by atoms with Gasteiger partial charge in [-0.25, -0.2) is 13.2 Å². The lowest BCUT2D eigenvalue weighted by Gasteiger charge is -2.46. The number of phenols is 1. The van der Waals surface area contributed by atoms with E-state index in [0.717, 1.165) is 89.4 Å². The third kappa shape index (κ3) is 12.3. The third-order valence-corrected chi connectivity index (χ3v) is 19.5. The van der Waals surface area contributed by atoms with Gasteiger partial charge in [-0.3, -0.25) is 19.4 Å². The van der Waals surface area contributed by atoms with Crippen molar-refractivity contribution in [2.24, 2.45) is 16.2 Å². The summed E-state index contributed by atoms with van der Waals surface area (Å²) >= 11 is 0. The molecule has 4 aromatic carbocycles. The zero-order valence-corrected chi connectivity index (χ0v) is 49.9.